The molecule has 8 nitrogen and oxygen atoms in total. The molecule has 0 bridgehead atoms. The maximum atomic E-state index is 12.8. The molecule has 2 aromatic carbocycles. The van der Waals surface area contributed by atoms with Crippen molar-refractivity contribution >= 4 is 34.6 Å². The van der Waals surface area contributed by atoms with Crippen LogP contribution in [0.4, 0.5) is 18.9 Å². The Hall–Kier alpha value is -3.93. The predicted octanol–water partition coefficient (Wildman–Crippen LogP) is 3.55. The van der Waals surface area contributed by atoms with Gasteiger partial charge in [0.25, 0.3) is 0 Å². The lowest BCUT2D eigenvalue weighted by Gasteiger charge is -2.11. The van der Waals surface area contributed by atoms with E-state index in [1.54, 1.807) is 38.2 Å². The van der Waals surface area contributed by atoms with Crippen LogP contribution in [0, 0.1) is 0 Å². The van der Waals surface area contributed by atoms with Gasteiger partial charge in [-0.15, -0.1) is 0 Å². The van der Waals surface area contributed by atoms with Crippen LogP contribution in [0.5, 0.6) is 5.75 Å². The lowest BCUT2D eigenvalue weighted by atomic mass is 10.1. The SMILES string of the molecule is CC(=NNC(=S)Nc1ccccc1CC(N)=O)c1nn(C)c(-c2ccc(C(F)(F)F)cc2)c1O. The van der Waals surface area contributed by atoms with E-state index in [0.717, 1.165) is 12.1 Å². The molecule has 0 saturated heterocycles. The normalized spacial score (nSPS) is 11.9. The topological polar surface area (TPSA) is 118 Å². The first kappa shape index (κ1) is 24.7. The Labute approximate surface area is 198 Å². The van der Waals surface area contributed by atoms with E-state index in [0.29, 0.717) is 16.8 Å². The van der Waals surface area contributed by atoms with Crippen LogP contribution in [0.25, 0.3) is 11.3 Å². The third-order valence-electron chi connectivity index (χ3n) is 4.81. The molecule has 3 rings (SSSR count). The zero-order chi connectivity index (χ0) is 25.0. The summed E-state index contributed by atoms with van der Waals surface area (Å²) in [4.78, 5) is 11.2. The minimum atomic E-state index is -4.46. The molecule has 0 aliphatic heterocycles. The molecule has 34 heavy (non-hydrogen) atoms. The maximum Gasteiger partial charge on any atom is 0.416 e. The van der Waals surface area contributed by atoms with E-state index >= 15 is 0 Å². The molecular formula is C22H21F3N6O2S. The Bertz CT molecular complexity index is 1250. The van der Waals surface area contributed by atoms with Crippen molar-refractivity contribution in [3.63, 3.8) is 0 Å². The van der Waals surface area contributed by atoms with Crippen LogP contribution in [0.3, 0.4) is 0 Å². The summed E-state index contributed by atoms with van der Waals surface area (Å²) in [6.07, 6.45) is -4.43. The summed E-state index contributed by atoms with van der Waals surface area (Å²) in [5, 5.41) is 22.1. The van der Waals surface area contributed by atoms with Gasteiger partial charge in [0.15, 0.2) is 16.6 Å². The minimum Gasteiger partial charge on any atom is -0.504 e. The largest absolute Gasteiger partial charge is 0.504 e. The standard InChI is InChI=1S/C22H21F3N6O2S/c1-12(28-29-21(34)27-16-6-4-3-5-14(16)11-17(26)32)18-20(33)19(31(2)30-18)13-7-9-15(10-8-13)22(23,24)25/h3-10,33H,11H2,1-2H3,(H2,26,32)(H2,27,29,34). The number of nitrogens with zero attached hydrogens (tertiary/aromatic N) is 3. The molecular weight excluding hydrogens is 469 g/mol. The zero-order valence-electron chi connectivity index (χ0n) is 18.1. The summed E-state index contributed by atoms with van der Waals surface area (Å²) >= 11 is 5.23. The number of para-hydroxylation sites is 1. The Morgan fingerprint density at radius 1 is 1.21 bits per heavy atom. The number of carbonyl (C=O) groups is 1. The summed E-state index contributed by atoms with van der Waals surface area (Å²) < 4.78 is 39.8. The van der Waals surface area contributed by atoms with Gasteiger partial charge in [0, 0.05) is 18.3 Å². The lowest BCUT2D eigenvalue weighted by molar-refractivity contribution is -0.137. The van der Waals surface area contributed by atoms with Gasteiger partial charge in [-0.3, -0.25) is 14.9 Å². The second kappa shape index (κ2) is 9.91. The van der Waals surface area contributed by atoms with Crippen LogP contribution in [0.1, 0.15) is 23.7 Å². The second-order valence-electron chi connectivity index (χ2n) is 7.31. The smallest absolute Gasteiger partial charge is 0.416 e. The van der Waals surface area contributed by atoms with Crippen LogP contribution in [-0.2, 0) is 24.4 Å². The average Bonchev–Trinajstić information content (AvgIpc) is 3.06. The van der Waals surface area contributed by atoms with Gasteiger partial charge in [0.2, 0.25) is 5.91 Å². The number of benzene rings is 2. The van der Waals surface area contributed by atoms with Gasteiger partial charge in [0.1, 0.15) is 5.69 Å². The molecule has 12 heteroatoms. The van der Waals surface area contributed by atoms with Crippen molar-refractivity contribution in [3.8, 4) is 17.0 Å². The number of alkyl halides is 3. The van der Waals surface area contributed by atoms with Crippen molar-refractivity contribution in [1.82, 2.24) is 15.2 Å². The molecule has 0 aliphatic carbocycles. The fourth-order valence-electron chi connectivity index (χ4n) is 3.22. The first-order valence-corrected chi connectivity index (χ1v) is 10.3. The molecule has 0 aliphatic rings. The summed E-state index contributed by atoms with van der Waals surface area (Å²) in [5.41, 5.74) is 9.34. The van der Waals surface area contributed by atoms with Crippen molar-refractivity contribution in [2.45, 2.75) is 19.5 Å². The third-order valence-corrected chi connectivity index (χ3v) is 5.00. The molecule has 0 atom stereocenters. The number of primary amides is 1. The summed E-state index contributed by atoms with van der Waals surface area (Å²) in [6.45, 7) is 1.58. The molecule has 0 saturated carbocycles. The van der Waals surface area contributed by atoms with E-state index in [4.69, 9.17) is 18.0 Å². The average molecular weight is 491 g/mol. The summed E-state index contributed by atoms with van der Waals surface area (Å²) in [5.74, 6) is -0.729. The van der Waals surface area contributed by atoms with Crippen molar-refractivity contribution in [3.05, 3.63) is 65.4 Å². The number of aromatic hydroxyl groups is 1. The fourth-order valence-corrected chi connectivity index (χ4v) is 3.37. The maximum absolute atomic E-state index is 12.8. The number of hydrogen-bond acceptors (Lipinski definition) is 5. The van der Waals surface area contributed by atoms with Crippen LogP contribution >= 0.6 is 12.2 Å². The number of aromatic nitrogens is 2. The number of nitrogens with one attached hydrogen (secondary N) is 2. The van der Waals surface area contributed by atoms with Crippen molar-refractivity contribution < 1.29 is 23.1 Å². The molecule has 1 aromatic heterocycles. The van der Waals surface area contributed by atoms with Crippen molar-refractivity contribution in [2.75, 3.05) is 5.32 Å². The van der Waals surface area contributed by atoms with Gasteiger partial charge in [-0.2, -0.15) is 23.4 Å². The summed E-state index contributed by atoms with van der Waals surface area (Å²) in [6, 6.07) is 11.4. The van der Waals surface area contributed by atoms with Crippen LogP contribution in [0.2, 0.25) is 0 Å². The zero-order valence-corrected chi connectivity index (χ0v) is 19.0. The number of carbonyl (C=O) groups excluding carboxylic acids is 1. The molecule has 0 unspecified atom stereocenters. The van der Waals surface area contributed by atoms with Gasteiger partial charge < -0.3 is 16.2 Å². The highest BCUT2D eigenvalue weighted by molar-refractivity contribution is 7.80. The quantitative estimate of drug-likeness (QED) is 0.239. The first-order valence-electron chi connectivity index (χ1n) is 9.88. The van der Waals surface area contributed by atoms with E-state index in [2.05, 4.69) is 20.9 Å². The molecule has 1 amide bonds. The Kier molecular flexibility index (Phi) is 7.20. The Morgan fingerprint density at radius 3 is 2.47 bits per heavy atom. The van der Waals surface area contributed by atoms with Crippen molar-refractivity contribution in [2.24, 2.45) is 17.9 Å². The van der Waals surface area contributed by atoms with E-state index in [9.17, 15) is 23.1 Å². The number of halogens is 3. The second-order valence-corrected chi connectivity index (χ2v) is 7.72. The van der Waals surface area contributed by atoms with E-state index < -0.39 is 17.6 Å². The number of hydrazone groups is 1. The third kappa shape index (κ3) is 5.70. The Morgan fingerprint density at radius 2 is 1.85 bits per heavy atom. The summed E-state index contributed by atoms with van der Waals surface area (Å²) in [7, 11) is 1.55. The molecule has 0 radical (unpaired) electrons. The molecule has 0 fully saturated rings. The minimum absolute atomic E-state index is 0.0304. The number of aryl methyl sites for hydroxylation is 1. The molecule has 5 N–H and O–H groups in total. The van der Waals surface area contributed by atoms with Gasteiger partial charge in [-0.25, -0.2) is 0 Å². The number of hydrogen-bond donors (Lipinski definition) is 4. The van der Waals surface area contributed by atoms with Gasteiger partial charge in [-0.1, -0.05) is 30.3 Å². The van der Waals surface area contributed by atoms with E-state index in [1.165, 1.54) is 16.8 Å². The predicted molar refractivity (Wildman–Crippen MR) is 126 cm³/mol. The fraction of sp³-hybridized carbons (Fsp3) is 0.182. The van der Waals surface area contributed by atoms with Crippen LogP contribution in [-0.4, -0.2) is 31.6 Å². The highest BCUT2D eigenvalue weighted by Crippen LogP contribution is 2.35. The molecule has 178 valence electrons. The highest BCUT2D eigenvalue weighted by atomic mass is 32.1. The highest BCUT2D eigenvalue weighted by Gasteiger charge is 2.30. The number of rotatable bonds is 6. The number of nitrogens with two attached hydrogens (primary N) is 1. The van der Waals surface area contributed by atoms with Gasteiger partial charge in [-0.05, 0) is 42.9 Å². The Balaban J connectivity index is 1.77. The van der Waals surface area contributed by atoms with Crippen LogP contribution < -0.4 is 16.5 Å². The molecule has 3 aromatic rings. The van der Waals surface area contributed by atoms with E-state index in [1.807, 2.05) is 0 Å². The molecule has 0 spiro atoms. The number of anilines is 1. The molecule has 1 heterocycles. The van der Waals surface area contributed by atoms with Crippen LogP contribution in [0.15, 0.2) is 53.6 Å². The lowest BCUT2D eigenvalue weighted by Crippen LogP contribution is -2.26. The van der Waals surface area contributed by atoms with Gasteiger partial charge >= 0.3 is 6.18 Å². The monoisotopic (exact) mass is 490 g/mol. The van der Waals surface area contributed by atoms with Crippen molar-refractivity contribution in [1.29, 1.82) is 0 Å². The number of amides is 1. The first-order chi connectivity index (χ1) is 16.0. The number of thiocarbonyl (C=S) groups is 1. The van der Waals surface area contributed by atoms with Gasteiger partial charge in [0.05, 0.1) is 17.7 Å². The van der Waals surface area contributed by atoms with E-state index in [-0.39, 0.29) is 34.4 Å².